The fourth-order valence-corrected chi connectivity index (χ4v) is 5.60. The van der Waals surface area contributed by atoms with E-state index < -0.39 is 0 Å². The summed E-state index contributed by atoms with van der Waals surface area (Å²) in [5, 5.41) is 9.75. The molecule has 0 amide bonds. The van der Waals surface area contributed by atoms with E-state index in [1.165, 1.54) is 109 Å². The molecular weight excluding hydrogens is 314 g/mol. The van der Waals surface area contributed by atoms with Gasteiger partial charge in [0, 0.05) is 0 Å². The van der Waals surface area contributed by atoms with Crippen LogP contribution in [0.5, 0.6) is 0 Å². The quantitative estimate of drug-likeness (QED) is 0.339. The van der Waals surface area contributed by atoms with Crippen LogP contribution in [0.2, 0.25) is 0 Å². The summed E-state index contributed by atoms with van der Waals surface area (Å²) < 4.78 is 0. The molecule has 1 nitrogen and oxygen atoms in total. The van der Waals surface area contributed by atoms with Crippen LogP contribution in [0.25, 0.3) is 0 Å². The van der Waals surface area contributed by atoms with E-state index in [2.05, 4.69) is 19.9 Å². The molecule has 0 saturated heterocycles. The van der Waals surface area contributed by atoms with Crippen molar-refractivity contribution in [1.29, 1.82) is 5.26 Å². The molecule has 1 heteroatoms. The van der Waals surface area contributed by atoms with Gasteiger partial charge in [-0.05, 0) is 49.9 Å². The highest BCUT2D eigenvalue weighted by atomic mass is 14.4. The standard InChI is InChI=1S/C25H45N/c1-3-5-7-8-18-25(21-26)19-16-24(17-20-25)15-14-23-12-10-22(11-13-23)9-6-4-2/h22-24H,3-20H2,1-2H3. The molecule has 0 N–H and O–H groups in total. The molecule has 0 spiro atoms. The molecule has 150 valence electrons. The zero-order valence-corrected chi connectivity index (χ0v) is 17.9. The average Bonchev–Trinajstić information content (AvgIpc) is 2.70. The number of hydrogen-bond acceptors (Lipinski definition) is 1. The molecule has 0 unspecified atom stereocenters. The first kappa shape index (κ1) is 21.8. The van der Waals surface area contributed by atoms with E-state index in [1.54, 1.807) is 0 Å². The first-order valence-electron chi connectivity index (χ1n) is 12.1. The summed E-state index contributed by atoms with van der Waals surface area (Å²) in [7, 11) is 0. The highest BCUT2D eigenvalue weighted by molar-refractivity contribution is 5.01. The second-order valence-electron chi connectivity index (χ2n) is 9.75. The van der Waals surface area contributed by atoms with Gasteiger partial charge in [0.2, 0.25) is 0 Å². The topological polar surface area (TPSA) is 23.8 Å². The third-order valence-electron chi connectivity index (χ3n) is 7.72. The molecule has 2 saturated carbocycles. The molecule has 0 bridgehead atoms. The fraction of sp³-hybridized carbons (Fsp3) is 0.960. The normalized spacial score (nSPS) is 32.3. The van der Waals surface area contributed by atoms with Gasteiger partial charge in [-0.1, -0.05) is 97.3 Å². The Labute approximate surface area is 164 Å². The predicted molar refractivity (Wildman–Crippen MR) is 113 cm³/mol. The molecule has 2 aliphatic carbocycles. The van der Waals surface area contributed by atoms with Crippen molar-refractivity contribution in [3.8, 4) is 6.07 Å². The maximum Gasteiger partial charge on any atom is 0.0689 e. The van der Waals surface area contributed by atoms with Crippen LogP contribution in [0.4, 0.5) is 0 Å². The number of hydrogen-bond donors (Lipinski definition) is 0. The summed E-state index contributed by atoms with van der Waals surface area (Å²) in [5.74, 6) is 2.99. The third kappa shape index (κ3) is 7.25. The zero-order chi connectivity index (χ0) is 18.7. The Morgan fingerprint density at radius 3 is 1.77 bits per heavy atom. The van der Waals surface area contributed by atoms with Gasteiger partial charge in [0.1, 0.15) is 0 Å². The molecule has 0 heterocycles. The van der Waals surface area contributed by atoms with Gasteiger partial charge in [-0.15, -0.1) is 0 Å². The van der Waals surface area contributed by atoms with Crippen LogP contribution in [0.3, 0.4) is 0 Å². The Kier molecular flexibility index (Phi) is 10.1. The molecule has 2 fully saturated rings. The van der Waals surface area contributed by atoms with Crippen LogP contribution in [0.1, 0.15) is 129 Å². The lowest BCUT2D eigenvalue weighted by atomic mass is 9.67. The fourth-order valence-electron chi connectivity index (χ4n) is 5.60. The lowest BCUT2D eigenvalue weighted by molar-refractivity contribution is 0.170. The minimum atomic E-state index is 0.0432. The van der Waals surface area contributed by atoms with Crippen molar-refractivity contribution >= 4 is 0 Å². The predicted octanol–water partition coefficient (Wildman–Crippen LogP) is 8.43. The van der Waals surface area contributed by atoms with E-state index in [-0.39, 0.29) is 5.41 Å². The number of nitrogens with zero attached hydrogens (tertiary/aromatic N) is 1. The molecule has 26 heavy (non-hydrogen) atoms. The lowest BCUT2D eigenvalue weighted by Gasteiger charge is -2.36. The second-order valence-corrected chi connectivity index (χ2v) is 9.75. The van der Waals surface area contributed by atoms with Gasteiger partial charge in [0.15, 0.2) is 0 Å². The lowest BCUT2D eigenvalue weighted by Crippen LogP contribution is -2.26. The van der Waals surface area contributed by atoms with Crippen LogP contribution >= 0.6 is 0 Å². The summed E-state index contributed by atoms with van der Waals surface area (Å²) >= 11 is 0. The van der Waals surface area contributed by atoms with E-state index in [0.29, 0.717) is 0 Å². The molecule has 0 aromatic carbocycles. The molecule has 0 aliphatic heterocycles. The van der Waals surface area contributed by atoms with Gasteiger partial charge in [0.05, 0.1) is 11.5 Å². The largest absolute Gasteiger partial charge is 0.198 e. The average molecular weight is 360 g/mol. The van der Waals surface area contributed by atoms with Crippen LogP contribution in [0, 0.1) is 34.5 Å². The maximum absolute atomic E-state index is 9.75. The van der Waals surface area contributed by atoms with E-state index in [9.17, 15) is 5.26 Å². The van der Waals surface area contributed by atoms with E-state index in [1.807, 2.05) is 0 Å². The summed E-state index contributed by atoms with van der Waals surface area (Å²) in [5.41, 5.74) is 0.0432. The minimum Gasteiger partial charge on any atom is -0.198 e. The Balaban J connectivity index is 1.60. The Bertz CT molecular complexity index is 391. The van der Waals surface area contributed by atoms with Crippen molar-refractivity contribution in [2.45, 2.75) is 129 Å². The van der Waals surface area contributed by atoms with Crippen molar-refractivity contribution in [1.82, 2.24) is 0 Å². The molecule has 0 aromatic heterocycles. The van der Waals surface area contributed by atoms with Crippen molar-refractivity contribution in [3.05, 3.63) is 0 Å². The van der Waals surface area contributed by atoms with Gasteiger partial charge in [0.25, 0.3) is 0 Å². The van der Waals surface area contributed by atoms with Gasteiger partial charge in [-0.2, -0.15) is 5.26 Å². The monoisotopic (exact) mass is 359 g/mol. The molecule has 2 rings (SSSR count). The summed E-state index contributed by atoms with van der Waals surface area (Å²) in [4.78, 5) is 0. The third-order valence-corrected chi connectivity index (χ3v) is 7.72. The number of unbranched alkanes of at least 4 members (excludes halogenated alkanes) is 4. The van der Waals surface area contributed by atoms with Crippen molar-refractivity contribution < 1.29 is 0 Å². The summed E-state index contributed by atoms with van der Waals surface area (Å²) in [6, 6.07) is 2.74. The highest BCUT2D eigenvalue weighted by Gasteiger charge is 2.35. The van der Waals surface area contributed by atoms with E-state index in [4.69, 9.17) is 0 Å². The van der Waals surface area contributed by atoms with Crippen molar-refractivity contribution in [3.63, 3.8) is 0 Å². The van der Waals surface area contributed by atoms with Crippen LogP contribution in [-0.4, -0.2) is 0 Å². The molecule has 0 aromatic rings. The Morgan fingerprint density at radius 2 is 1.23 bits per heavy atom. The molecular formula is C25H45N. The minimum absolute atomic E-state index is 0.0432. The smallest absolute Gasteiger partial charge is 0.0689 e. The first-order chi connectivity index (χ1) is 12.7. The Morgan fingerprint density at radius 1 is 0.692 bits per heavy atom. The molecule has 2 aliphatic rings. The molecule has 0 radical (unpaired) electrons. The summed E-state index contributed by atoms with van der Waals surface area (Å²) in [6.45, 7) is 4.59. The zero-order valence-electron chi connectivity index (χ0n) is 17.9. The maximum atomic E-state index is 9.75. The highest BCUT2D eigenvalue weighted by Crippen LogP contribution is 2.44. The van der Waals surface area contributed by atoms with Crippen molar-refractivity contribution in [2.75, 3.05) is 0 Å². The van der Waals surface area contributed by atoms with Gasteiger partial charge in [-0.25, -0.2) is 0 Å². The number of rotatable bonds is 11. The molecule has 0 atom stereocenters. The van der Waals surface area contributed by atoms with Gasteiger partial charge in [-0.3, -0.25) is 0 Å². The SMILES string of the molecule is CCCCCCC1(C#N)CCC(CCC2CCC(CCCC)CC2)CC1. The van der Waals surface area contributed by atoms with Crippen LogP contribution in [0.15, 0.2) is 0 Å². The van der Waals surface area contributed by atoms with E-state index >= 15 is 0 Å². The summed E-state index contributed by atoms with van der Waals surface area (Å²) in [6.07, 6.45) is 24.6. The van der Waals surface area contributed by atoms with Gasteiger partial charge < -0.3 is 0 Å². The van der Waals surface area contributed by atoms with Crippen LogP contribution < -0.4 is 0 Å². The van der Waals surface area contributed by atoms with Crippen molar-refractivity contribution in [2.24, 2.45) is 23.2 Å². The Hall–Kier alpha value is -0.510. The van der Waals surface area contributed by atoms with Crippen LogP contribution in [-0.2, 0) is 0 Å². The van der Waals surface area contributed by atoms with E-state index in [0.717, 1.165) is 24.2 Å². The number of nitriles is 1. The first-order valence-corrected chi connectivity index (χ1v) is 12.1. The second kappa shape index (κ2) is 12.0. The van der Waals surface area contributed by atoms with Gasteiger partial charge >= 0.3 is 0 Å².